The van der Waals surface area contributed by atoms with Gasteiger partial charge in [-0.05, 0) is 13.1 Å². The highest BCUT2D eigenvalue weighted by atomic mass is 32.2. The predicted molar refractivity (Wildman–Crippen MR) is 67.6 cm³/mol. The molecule has 0 saturated heterocycles. The van der Waals surface area contributed by atoms with Crippen LogP contribution in [0, 0.1) is 0 Å². The summed E-state index contributed by atoms with van der Waals surface area (Å²) in [5.41, 5.74) is 1.25. The van der Waals surface area contributed by atoms with Gasteiger partial charge in [0.1, 0.15) is 4.90 Å². The Kier molecular flexibility index (Phi) is 3.39. The lowest BCUT2D eigenvalue weighted by atomic mass is 10.4. The van der Waals surface area contributed by atoms with Gasteiger partial charge in [0, 0.05) is 31.7 Å². The molecule has 98 valence electrons. The van der Waals surface area contributed by atoms with Crippen LogP contribution in [0.15, 0.2) is 29.6 Å². The van der Waals surface area contributed by atoms with Crippen LogP contribution in [0.1, 0.15) is 5.69 Å². The van der Waals surface area contributed by atoms with Crippen molar-refractivity contribution in [1.29, 1.82) is 0 Å². The molecular weight excluding hydrogens is 254 g/mol. The van der Waals surface area contributed by atoms with E-state index < -0.39 is 10.0 Å². The summed E-state index contributed by atoms with van der Waals surface area (Å²) in [5.74, 6) is 0. The van der Waals surface area contributed by atoms with E-state index in [1.54, 1.807) is 26.4 Å². The normalized spacial score (nSPS) is 11.7. The Labute approximate surface area is 105 Å². The van der Waals surface area contributed by atoms with Crippen molar-refractivity contribution in [3.63, 3.8) is 0 Å². The molecule has 0 aromatic carbocycles. The summed E-state index contributed by atoms with van der Waals surface area (Å²) in [7, 11) is -0.0439. The van der Waals surface area contributed by atoms with Crippen molar-refractivity contribution < 1.29 is 8.42 Å². The summed E-state index contributed by atoms with van der Waals surface area (Å²) < 4.78 is 28.1. The third-order valence-corrected chi connectivity index (χ3v) is 3.71. The monoisotopic (exact) mass is 269 g/mol. The first-order valence-electron chi connectivity index (χ1n) is 5.34. The van der Waals surface area contributed by atoms with Gasteiger partial charge in [0.25, 0.3) is 10.0 Å². The SMILES string of the molecule is CNCc1cc(S(=O)(=O)Nc2cnn(C)c2)c[nH]1. The van der Waals surface area contributed by atoms with Gasteiger partial charge in [0.15, 0.2) is 0 Å². The molecule has 2 heterocycles. The minimum absolute atomic E-state index is 0.205. The second kappa shape index (κ2) is 4.83. The number of anilines is 1. The summed E-state index contributed by atoms with van der Waals surface area (Å²) in [4.78, 5) is 3.11. The van der Waals surface area contributed by atoms with Crippen molar-refractivity contribution in [2.24, 2.45) is 7.05 Å². The molecule has 8 heteroatoms. The molecule has 0 bridgehead atoms. The van der Waals surface area contributed by atoms with Gasteiger partial charge < -0.3 is 10.3 Å². The number of nitrogens with one attached hydrogen (secondary N) is 3. The fourth-order valence-corrected chi connectivity index (χ4v) is 2.60. The molecule has 2 rings (SSSR count). The van der Waals surface area contributed by atoms with Gasteiger partial charge in [-0.3, -0.25) is 9.40 Å². The molecule has 0 spiro atoms. The standard InChI is InChI=1S/C10H15N5O2S/c1-11-4-8-3-10(6-12-8)18(16,17)14-9-5-13-15(2)7-9/h3,5-7,11-12,14H,4H2,1-2H3. The zero-order chi connectivity index (χ0) is 13.2. The number of hydrogen-bond acceptors (Lipinski definition) is 4. The van der Waals surface area contributed by atoms with Gasteiger partial charge >= 0.3 is 0 Å². The Hall–Kier alpha value is -1.80. The first kappa shape index (κ1) is 12.7. The zero-order valence-electron chi connectivity index (χ0n) is 10.1. The third-order valence-electron chi connectivity index (χ3n) is 2.35. The fourth-order valence-electron chi connectivity index (χ4n) is 1.55. The molecule has 0 aliphatic rings. The van der Waals surface area contributed by atoms with Gasteiger partial charge in [-0.1, -0.05) is 0 Å². The average molecular weight is 269 g/mol. The molecule has 0 atom stereocenters. The van der Waals surface area contributed by atoms with Crippen molar-refractivity contribution in [2.75, 3.05) is 11.8 Å². The fraction of sp³-hybridized carbons (Fsp3) is 0.300. The van der Waals surface area contributed by atoms with Crippen molar-refractivity contribution >= 4 is 15.7 Å². The highest BCUT2D eigenvalue weighted by Gasteiger charge is 2.16. The molecule has 0 aliphatic heterocycles. The van der Waals surface area contributed by atoms with Crippen molar-refractivity contribution in [2.45, 2.75) is 11.4 Å². The quantitative estimate of drug-likeness (QED) is 0.726. The highest BCUT2D eigenvalue weighted by molar-refractivity contribution is 7.92. The Morgan fingerprint density at radius 1 is 1.50 bits per heavy atom. The van der Waals surface area contributed by atoms with E-state index in [0.717, 1.165) is 5.69 Å². The van der Waals surface area contributed by atoms with E-state index in [9.17, 15) is 8.42 Å². The Balaban J connectivity index is 2.19. The Bertz CT molecular complexity index is 628. The van der Waals surface area contributed by atoms with Crippen LogP contribution in [0.4, 0.5) is 5.69 Å². The lowest BCUT2D eigenvalue weighted by molar-refractivity contribution is 0.601. The minimum Gasteiger partial charge on any atom is -0.363 e. The van der Waals surface area contributed by atoms with Gasteiger partial charge in [-0.15, -0.1) is 0 Å². The Morgan fingerprint density at radius 2 is 2.28 bits per heavy atom. The highest BCUT2D eigenvalue weighted by Crippen LogP contribution is 2.15. The van der Waals surface area contributed by atoms with E-state index >= 15 is 0 Å². The van der Waals surface area contributed by atoms with Gasteiger partial charge in [0.2, 0.25) is 0 Å². The molecular formula is C10H15N5O2S. The number of sulfonamides is 1. The number of aromatic amines is 1. The summed E-state index contributed by atoms with van der Waals surface area (Å²) in [6.07, 6.45) is 4.52. The smallest absolute Gasteiger partial charge is 0.263 e. The molecule has 0 aliphatic carbocycles. The summed E-state index contributed by atoms with van der Waals surface area (Å²) >= 11 is 0. The molecule has 0 unspecified atom stereocenters. The zero-order valence-corrected chi connectivity index (χ0v) is 11.0. The van der Waals surface area contributed by atoms with E-state index in [1.165, 1.54) is 17.1 Å². The molecule has 0 fully saturated rings. The number of H-pyrrole nitrogens is 1. The maximum atomic E-state index is 12.0. The first-order chi connectivity index (χ1) is 8.51. The minimum atomic E-state index is -3.56. The largest absolute Gasteiger partial charge is 0.363 e. The van der Waals surface area contributed by atoms with Gasteiger partial charge in [0.05, 0.1) is 11.9 Å². The summed E-state index contributed by atoms with van der Waals surface area (Å²) in [6, 6.07) is 1.59. The van der Waals surface area contributed by atoms with Gasteiger partial charge in [-0.25, -0.2) is 8.42 Å². The second-order valence-electron chi connectivity index (χ2n) is 3.90. The maximum Gasteiger partial charge on any atom is 0.263 e. The summed E-state index contributed by atoms with van der Waals surface area (Å²) in [5, 5.41) is 6.84. The lowest BCUT2D eigenvalue weighted by Gasteiger charge is -2.02. The maximum absolute atomic E-state index is 12.0. The lowest BCUT2D eigenvalue weighted by Crippen LogP contribution is -2.11. The molecule has 2 aromatic heterocycles. The van der Waals surface area contributed by atoms with E-state index in [1.807, 2.05) is 0 Å². The molecule has 2 aromatic rings. The Morgan fingerprint density at radius 3 is 2.89 bits per heavy atom. The molecule has 0 radical (unpaired) electrons. The predicted octanol–water partition coefficient (Wildman–Crippen LogP) is 0.268. The topological polar surface area (TPSA) is 91.8 Å². The van der Waals surface area contributed by atoms with E-state index in [4.69, 9.17) is 0 Å². The van der Waals surface area contributed by atoms with Crippen molar-refractivity contribution in [3.05, 3.63) is 30.4 Å². The van der Waals surface area contributed by atoms with Crippen LogP contribution < -0.4 is 10.0 Å². The third kappa shape index (κ3) is 2.71. The molecule has 0 saturated carbocycles. The van der Waals surface area contributed by atoms with Crippen LogP contribution in [-0.2, 0) is 23.6 Å². The van der Waals surface area contributed by atoms with Crippen molar-refractivity contribution in [3.8, 4) is 0 Å². The number of aromatic nitrogens is 3. The van der Waals surface area contributed by atoms with E-state index in [-0.39, 0.29) is 4.90 Å². The van der Waals surface area contributed by atoms with Crippen LogP contribution in [0.3, 0.4) is 0 Å². The average Bonchev–Trinajstić information content (AvgIpc) is 2.88. The van der Waals surface area contributed by atoms with Gasteiger partial charge in [-0.2, -0.15) is 5.10 Å². The summed E-state index contributed by atoms with van der Waals surface area (Å²) in [6.45, 7) is 0.586. The van der Waals surface area contributed by atoms with Crippen LogP contribution in [0.2, 0.25) is 0 Å². The van der Waals surface area contributed by atoms with E-state index in [0.29, 0.717) is 12.2 Å². The number of aryl methyl sites for hydroxylation is 1. The van der Waals surface area contributed by atoms with E-state index in [2.05, 4.69) is 20.1 Å². The number of rotatable bonds is 5. The molecule has 0 amide bonds. The molecule has 18 heavy (non-hydrogen) atoms. The van der Waals surface area contributed by atoms with Crippen LogP contribution in [0.25, 0.3) is 0 Å². The first-order valence-corrected chi connectivity index (χ1v) is 6.83. The molecule has 7 nitrogen and oxygen atoms in total. The number of hydrogen-bond donors (Lipinski definition) is 3. The number of nitrogens with zero attached hydrogens (tertiary/aromatic N) is 2. The van der Waals surface area contributed by atoms with Crippen LogP contribution in [0.5, 0.6) is 0 Å². The second-order valence-corrected chi connectivity index (χ2v) is 5.58. The van der Waals surface area contributed by atoms with Crippen LogP contribution in [-0.4, -0.2) is 30.2 Å². The van der Waals surface area contributed by atoms with Crippen molar-refractivity contribution in [1.82, 2.24) is 20.1 Å². The van der Waals surface area contributed by atoms with Crippen LogP contribution >= 0.6 is 0 Å². The molecule has 3 N–H and O–H groups in total.